The summed E-state index contributed by atoms with van der Waals surface area (Å²) in [6.07, 6.45) is 10.2. The molecule has 0 spiro atoms. The van der Waals surface area contributed by atoms with E-state index in [0.717, 1.165) is 26.3 Å². The van der Waals surface area contributed by atoms with Gasteiger partial charge in [-0.05, 0) is 23.8 Å². The summed E-state index contributed by atoms with van der Waals surface area (Å²) < 4.78 is 2.92. The number of pyridine rings is 1. The van der Waals surface area contributed by atoms with Crippen LogP contribution in [-0.2, 0) is 11.3 Å². The highest BCUT2D eigenvalue weighted by atomic mass is 35.5. The molecule has 0 unspecified atom stereocenters. The maximum Gasteiger partial charge on any atom is 0.244 e. The number of benzene rings is 1. The van der Waals surface area contributed by atoms with E-state index in [1.165, 1.54) is 6.08 Å². The van der Waals surface area contributed by atoms with Crippen molar-refractivity contribution in [2.45, 2.75) is 6.54 Å². The number of nitrogens with zero attached hydrogens (tertiary/aromatic N) is 3. The molecule has 0 aliphatic rings. The number of hydrogen-bond acceptors (Lipinski definition) is 4. The Morgan fingerprint density at radius 1 is 1.26 bits per heavy atom. The van der Waals surface area contributed by atoms with Crippen LogP contribution in [0.5, 0.6) is 0 Å². The van der Waals surface area contributed by atoms with E-state index in [1.54, 1.807) is 36.1 Å². The van der Waals surface area contributed by atoms with E-state index in [1.807, 2.05) is 47.2 Å². The number of nitrogens with one attached hydrogen (secondary N) is 1. The van der Waals surface area contributed by atoms with Crippen LogP contribution in [-0.4, -0.2) is 20.4 Å². The van der Waals surface area contributed by atoms with Crippen LogP contribution in [0.4, 0.5) is 0 Å². The standard InChI is InChI=1S/C20H15ClN4OS/c21-20-15-3-1-2-4-16(15)27-17(20)6-8-19(26)24-12-14-5-7-18(23-11-14)25-10-9-22-13-25/h1-11,13H,12H2,(H,24,26)/b8-6+. The van der Waals surface area contributed by atoms with Gasteiger partial charge in [-0.3, -0.25) is 9.36 Å². The second-order valence-electron chi connectivity index (χ2n) is 5.82. The number of thiophene rings is 1. The topological polar surface area (TPSA) is 59.8 Å². The van der Waals surface area contributed by atoms with Crippen LogP contribution >= 0.6 is 22.9 Å². The first-order chi connectivity index (χ1) is 13.2. The summed E-state index contributed by atoms with van der Waals surface area (Å²) >= 11 is 7.95. The molecule has 0 saturated heterocycles. The minimum Gasteiger partial charge on any atom is -0.348 e. The molecule has 1 aromatic carbocycles. The molecule has 0 bridgehead atoms. The lowest BCUT2D eigenvalue weighted by atomic mass is 10.2. The van der Waals surface area contributed by atoms with Gasteiger partial charge < -0.3 is 5.32 Å². The van der Waals surface area contributed by atoms with Gasteiger partial charge in [0.1, 0.15) is 12.1 Å². The van der Waals surface area contributed by atoms with Crippen molar-refractivity contribution in [1.82, 2.24) is 19.9 Å². The molecule has 0 aliphatic heterocycles. The van der Waals surface area contributed by atoms with E-state index in [4.69, 9.17) is 11.6 Å². The van der Waals surface area contributed by atoms with Crippen molar-refractivity contribution >= 4 is 45.0 Å². The predicted octanol–water partition coefficient (Wildman–Crippen LogP) is 4.47. The Hall–Kier alpha value is -2.96. The maximum atomic E-state index is 12.1. The number of halogens is 1. The number of imidazole rings is 1. The highest BCUT2D eigenvalue weighted by molar-refractivity contribution is 7.20. The van der Waals surface area contributed by atoms with Crippen molar-refractivity contribution in [3.05, 3.63) is 82.9 Å². The zero-order chi connectivity index (χ0) is 18.6. The number of hydrogen-bond donors (Lipinski definition) is 1. The maximum absolute atomic E-state index is 12.1. The number of amides is 1. The third-order valence-corrected chi connectivity index (χ3v) is 5.65. The number of carbonyl (C=O) groups excluding carboxylic acids is 1. The van der Waals surface area contributed by atoms with Crippen molar-refractivity contribution in [2.75, 3.05) is 0 Å². The van der Waals surface area contributed by atoms with Gasteiger partial charge in [-0.15, -0.1) is 11.3 Å². The Kier molecular flexibility index (Phi) is 5.00. The van der Waals surface area contributed by atoms with E-state index in [-0.39, 0.29) is 5.91 Å². The van der Waals surface area contributed by atoms with E-state index in [9.17, 15) is 4.79 Å². The summed E-state index contributed by atoms with van der Waals surface area (Å²) in [5.74, 6) is 0.601. The minimum atomic E-state index is -0.179. The van der Waals surface area contributed by atoms with Gasteiger partial charge in [0.15, 0.2) is 0 Å². The SMILES string of the molecule is O=C(/C=C/c1sc2ccccc2c1Cl)NCc1ccc(-n2ccnc2)nc1. The van der Waals surface area contributed by atoms with Gasteiger partial charge in [0.05, 0.1) is 5.02 Å². The molecule has 0 atom stereocenters. The largest absolute Gasteiger partial charge is 0.348 e. The molecule has 4 aromatic rings. The minimum absolute atomic E-state index is 0.179. The summed E-state index contributed by atoms with van der Waals surface area (Å²) in [6.45, 7) is 0.403. The Morgan fingerprint density at radius 2 is 2.15 bits per heavy atom. The molecule has 1 amide bonds. The van der Waals surface area contributed by atoms with Crippen LogP contribution in [0.1, 0.15) is 10.4 Å². The van der Waals surface area contributed by atoms with E-state index < -0.39 is 0 Å². The lowest BCUT2D eigenvalue weighted by molar-refractivity contribution is -0.116. The number of fused-ring (bicyclic) bond motifs is 1. The molecule has 0 saturated carbocycles. The number of rotatable bonds is 5. The molecule has 5 nitrogen and oxygen atoms in total. The van der Waals surface area contributed by atoms with E-state index in [2.05, 4.69) is 15.3 Å². The van der Waals surface area contributed by atoms with Crippen LogP contribution in [0, 0.1) is 0 Å². The van der Waals surface area contributed by atoms with Crippen LogP contribution in [0.2, 0.25) is 5.02 Å². The Balaban J connectivity index is 1.37. The Bertz CT molecular complexity index is 1100. The molecule has 7 heteroatoms. The summed E-state index contributed by atoms with van der Waals surface area (Å²) in [6, 6.07) is 11.7. The molecule has 1 N–H and O–H groups in total. The van der Waals surface area contributed by atoms with Crippen molar-refractivity contribution in [3.8, 4) is 5.82 Å². The summed E-state index contributed by atoms with van der Waals surface area (Å²) in [4.78, 5) is 21.3. The molecule has 4 rings (SSSR count). The molecular weight excluding hydrogens is 380 g/mol. The number of aromatic nitrogens is 3. The summed E-state index contributed by atoms with van der Waals surface area (Å²) in [7, 11) is 0. The second-order valence-corrected chi connectivity index (χ2v) is 7.28. The summed E-state index contributed by atoms with van der Waals surface area (Å²) in [5.41, 5.74) is 0.917. The van der Waals surface area contributed by atoms with E-state index in [0.29, 0.717) is 11.6 Å². The quantitative estimate of drug-likeness (QED) is 0.508. The average molecular weight is 395 g/mol. The molecule has 0 radical (unpaired) electrons. The highest BCUT2D eigenvalue weighted by Crippen LogP contribution is 2.35. The molecule has 3 heterocycles. The van der Waals surface area contributed by atoms with Gasteiger partial charge in [-0.25, -0.2) is 9.97 Å². The van der Waals surface area contributed by atoms with Gasteiger partial charge in [0.2, 0.25) is 5.91 Å². The molecule has 0 aliphatic carbocycles. The zero-order valence-electron chi connectivity index (χ0n) is 14.2. The molecular formula is C20H15ClN4OS. The van der Waals surface area contributed by atoms with Crippen LogP contribution in [0.3, 0.4) is 0 Å². The smallest absolute Gasteiger partial charge is 0.244 e. The first-order valence-corrected chi connectivity index (χ1v) is 9.46. The monoisotopic (exact) mass is 394 g/mol. The van der Waals surface area contributed by atoms with Gasteiger partial charge in [0.25, 0.3) is 0 Å². The predicted molar refractivity (Wildman–Crippen MR) is 109 cm³/mol. The van der Waals surface area contributed by atoms with Crippen LogP contribution in [0.25, 0.3) is 22.0 Å². The number of carbonyl (C=O) groups is 1. The Labute approximate surface area is 165 Å². The fourth-order valence-corrected chi connectivity index (χ4v) is 4.01. The highest BCUT2D eigenvalue weighted by Gasteiger charge is 2.07. The molecule has 134 valence electrons. The van der Waals surface area contributed by atoms with Crippen LogP contribution in [0.15, 0.2) is 67.4 Å². The van der Waals surface area contributed by atoms with Crippen molar-refractivity contribution in [1.29, 1.82) is 0 Å². The second kappa shape index (κ2) is 7.73. The normalized spacial score (nSPS) is 11.3. The van der Waals surface area contributed by atoms with Gasteiger partial charge >= 0.3 is 0 Å². The average Bonchev–Trinajstić information content (AvgIpc) is 3.34. The van der Waals surface area contributed by atoms with Crippen molar-refractivity contribution < 1.29 is 4.79 Å². The van der Waals surface area contributed by atoms with Crippen LogP contribution < -0.4 is 5.32 Å². The fourth-order valence-electron chi connectivity index (χ4n) is 2.61. The molecule has 3 aromatic heterocycles. The third kappa shape index (κ3) is 3.92. The van der Waals surface area contributed by atoms with Crippen molar-refractivity contribution in [2.24, 2.45) is 0 Å². The first-order valence-electron chi connectivity index (χ1n) is 8.27. The fraction of sp³-hybridized carbons (Fsp3) is 0.0500. The van der Waals surface area contributed by atoms with Gasteiger partial charge in [0, 0.05) is 46.2 Å². The third-order valence-electron chi connectivity index (χ3n) is 3.99. The first kappa shape index (κ1) is 17.5. The summed E-state index contributed by atoms with van der Waals surface area (Å²) in [5, 5.41) is 4.54. The lowest BCUT2D eigenvalue weighted by Crippen LogP contribution is -2.20. The molecule has 0 fully saturated rings. The zero-order valence-corrected chi connectivity index (χ0v) is 15.7. The molecule has 27 heavy (non-hydrogen) atoms. The van der Waals surface area contributed by atoms with Crippen molar-refractivity contribution in [3.63, 3.8) is 0 Å². The Morgan fingerprint density at radius 3 is 2.89 bits per heavy atom. The van der Waals surface area contributed by atoms with E-state index >= 15 is 0 Å². The lowest BCUT2D eigenvalue weighted by Gasteiger charge is -2.04. The van der Waals surface area contributed by atoms with Gasteiger partial charge in [-0.1, -0.05) is 35.9 Å². The van der Waals surface area contributed by atoms with Gasteiger partial charge in [-0.2, -0.15) is 0 Å².